The summed E-state index contributed by atoms with van der Waals surface area (Å²) in [5.74, 6) is -0.0445. The molecule has 0 aromatic heterocycles. The molecule has 0 fully saturated rings. The highest BCUT2D eigenvalue weighted by atomic mass is 16.6. The highest BCUT2D eigenvalue weighted by Crippen LogP contribution is 2.17. The Kier molecular flexibility index (Phi) is 5.34. The van der Waals surface area contributed by atoms with Crippen molar-refractivity contribution in [2.45, 2.75) is 46.6 Å². The number of benzene rings is 1. The molecule has 2 heteroatoms. The summed E-state index contributed by atoms with van der Waals surface area (Å²) < 4.78 is 5.44. The Morgan fingerprint density at radius 1 is 1.21 bits per heavy atom. The van der Waals surface area contributed by atoms with Crippen LogP contribution in [0.1, 0.15) is 40.2 Å². The summed E-state index contributed by atoms with van der Waals surface area (Å²) in [5.41, 5.74) is 1.50. The fourth-order valence-corrected chi connectivity index (χ4v) is 1.73. The molecule has 0 N–H and O–H groups in total. The number of ether oxygens (including phenoxy) is 1. The third kappa shape index (κ3) is 5.73. The Labute approximate surface area is 116 Å². The Hall–Kier alpha value is -1.57. The first-order valence-corrected chi connectivity index (χ1v) is 6.77. The van der Waals surface area contributed by atoms with Crippen molar-refractivity contribution in [2.75, 3.05) is 0 Å². The van der Waals surface area contributed by atoms with E-state index in [0.717, 1.165) is 12.0 Å². The van der Waals surface area contributed by atoms with E-state index in [-0.39, 0.29) is 11.9 Å². The van der Waals surface area contributed by atoms with Crippen molar-refractivity contribution < 1.29 is 9.53 Å². The van der Waals surface area contributed by atoms with E-state index in [1.165, 1.54) is 5.56 Å². The van der Waals surface area contributed by atoms with Crippen LogP contribution in [0.2, 0.25) is 0 Å². The molecule has 19 heavy (non-hydrogen) atoms. The second kappa shape index (κ2) is 6.55. The summed E-state index contributed by atoms with van der Waals surface area (Å²) >= 11 is 0. The van der Waals surface area contributed by atoms with Gasteiger partial charge in [-0.05, 0) is 38.7 Å². The van der Waals surface area contributed by atoms with Crippen LogP contribution in [0.15, 0.2) is 42.0 Å². The largest absolute Gasteiger partial charge is 0.457 e. The van der Waals surface area contributed by atoms with Crippen LogP contribution in [0.25, 0.3) is 0 Å². The summed E-state index contributed by atoms with van der Waals surface area (Å²) in [4.78, 5) is 12.1. The minimum Gasteiger partial charge on any atom is -0.457 e. The summed E-state index contributed by atoms with van der Waals surface area (Å²) in [6, 6.07) is 10.1. The monoisotopic (exact) mass is 260 g/mol. The van der Waals surface area contributed by atoms with Gasteiger partial charge in [0.1, 0.15) is 5.60 Å². The molecule has 0 atom stereocenters. The second-order valence-electron chi connectivity index (χ2n) is 6.01. The van der Waals surface area contributed by atoms with Crippen LogP contribution < -0.4 is 0 Å². The van der Waals surface area contributed by atoms with Gasteiger partial charge in [0.25, 0.3) is 0 Å². The van der Waals surface area contributed by atoms with Crippen LogP contribution in [-0.4, -0.2) is 11.6 Å². The molecular formula is C17H24O2. The van der Waals surface area contributed by atoms with E-state index in [1.54, 1.807) is 0 Å². The molecule has 0 unspecified atom stereocenters. The van der Waals surface area contributed by atoms with Crippen molar-refractivity contribution >= 4 is 5.97 Å². The molecular weight excluding hydrogens is 236 g/mol. The van der Waals surface area contributed by atoms with Crippen LogP contribution >= 0.6 is 0 Å². The minimum atomic E-state index is -0.447. The fourth-order valence-electron chi connectivity index (χ4n) is 1.73. The first-order valence-electron chi connectivity index (χ1n) is 6.77. The molecule has 104 valence electrons. The van der Waals surface area contributed by atoms with Crippen LogP contribution in [0, 0.1) is 5.92 Å². The topological polar surface area (TPSA) is 26.3 Å². The Balaban J connectivity index is 2.80. The molecule has 0 amide bonds. The van der Waals surface area contributed by atoms with Crippen LogP contribution in [-0.2, 0) is 16.0 Å². The van der Waals surface area contributed by atoms with E-state index in [9.17, 15) is 4.79 Å². The van der Waals surface area contributed by atoms with Gasteiger partial charge in [-0.15, -0.1) is 0 Å². The van der Waals surface area contributed by atoms with Gasteiger partial charge in [0.15, 0.2) is 0 Å². The van der Waals surface area contributed by atoms with Gasteiger partial charge < -0.3 is 4.74 Å². The summed E-state index contributed by atoms with van der Waals surface area (Å²) in [6.07, 6.45) is 2.74. The predicted molar refractivity (Wildman–Crippen MR) is 78.9 cm³/mol. The number of hydrogen-bond donors (Lipinski definition) is 0. The van der Waals surface area contributed by atoms with E-state index in [2.05, 4.69) is 12.1 Å². The molecule has 0 spiro atoms. The van der Waals surface area contributed by atoms with Crippen molar-refractivity contribution in [2.24, 2.45) is 5.92 Å². The number of esters is 1. The average molecular weight is 260 g/mol. The maximum absolute atomic E-state index is 12.1. The lowest BCUT2D eigenvalue weighted by Crippen LogP contribution is -2.26. The lowest BCUT2D eigenvalue weighted by molar-refractivity contribution is -0.150. The minimum absolute atomic E-state index is 0.165. The van der Waals surface area contributed by atoms with Crippen molar-refractivity contribution in [3.63, 3.8) is 0 Å². The van der Waals surface area contributed by atoms with Gasteiger partial charge in [-0.1, -0.05) is 50.3 Å². The van der Waals surface area contributed by atoms with E-state index >= 15 is 0 Å². The smallest absolute Gasteiger partial charge is 0.334 e. The molecule has 1 rings (SSSR count). The number of carbonyl (C=O) groups excluding carboxylic acids is 1. The maximum Gasteiger partial charge on any atom is 0.334 e. The molecule has 1 aromatic carbocycles. The maximum atomic E-state index is 12.1. The summed E-state index contributed by atoms with van der Waals surface area (Å²) in [7, 11) is 0. The number of allylic oxidation sites excluding steroid dienone is 1. The quantitative estimate of drug-likeness (QED) is 0.600. The third-order valence-corrected chi connectivity index (χ3v) is 2.66. The number of rotatable bonds is 4. The predicted octanol–water partition coefficient (Wildman–Crippen LogP) is 4.15. The van der Waals surface area contributed by atoms with Gasteiger partial charge in [-0.25, -0.2) is 4.79 Å². The second-order valence-corrected chi connectivity index (χ2v) is 6.01. The zero-order chi connectivity index (χ0) is 14.5. The van der Waals surface area contributed by atoms with Gasteiger partial charge in [0, 0.05) is 5.57 Å². The summed E-state index contributed by atoms with van der Waals surface area (Å²) in [6.45, 7) is 9.70. The van der Waals surface area contributed by atoms with Crippen molar-refractivity contribution in [3.8, 4) is 0 Å². The zero-order valence-corrected chi connectivity index (χ0v) is 12.6. The van der Waals surface area contributed by atoms with Crippen LogP contribution in [0.5, 0.6) is 0 Å². The number of carbonyl (C=O) groups is 1. The van der Waals surface area contributed by atoms with Crippen molar-refractivity contribution in [1.29, 1.82) is 0 Å². The highest BCUT2D eigenvalue weighted by molar-refractivity contribution is 5.89. The lowest BCUT2D eigenvalue weighted by Gasteiger charge is -2.21. The molecule has 0 bridgehead atoms. The zero-order valence-electron chi connectivity index (χ0n) is 12.6. The Morgan fingerprint density at radius 3 is 2.26 bits per heavy atom. The summed E-state index contributed by atoms with van der Waals surface area (Å²) in [5, 5.41) is 0. The molecule has 0 aliphatic heterocycles. The third-order valence-electron chi connectivity index (χ3n) is 2.66. The molecule has 0 saturated carbocycles. The molecule has 1 aromatic rings. The lowest BCUT2D eigenvalue weighted by atomic mass is 10.00. The molecule has 0 aliphatic carbocycles. The fraction of sp³-hybridized carbons (Fsp3) is 0.471. The molecule has 0 saturated heterocycles. The van der Waals surface area contributed by atoms with Crippen molar-refractivity contribution in [1.82, 2.24) is 0 Å². The van der Waals surface area contributed by atoms with E-state index in [4.69, 9.17) is 4.74 Å². The van der Waals surface area contributed by atoms with Gasteiger partial charge in [0.05, 0.1) is 0 Å². The van der Waals surface area contributed by atoms with Crippen LogP contribution in [0.3, 0.4) is 0 Å². The highest BCUT2D eigenvalue weighted by Gasteiger charge is 2.21. The normalized spacial score (nSPS) is 12.6. The molecule has 0 radical (unpaired) electrons. The molecule has 0 heterocycles. The SMILES string of the molecule is CC(C)/C(=C\Cc1ccccc1)C(=O)OC(C)(C)C. The van der Waals surface area contributed by atoms with Crippen molar-refractivity contribution in [3.05, 3.63) is 47.5 Å². The molecule has 0 aliphatic rings. The Bertz CT molecular complexity index is 436. The van der Waals surface area contributed by atoms with Gasteiger partial charge >= 0.3 is 5.97 Å². The Morgan fingerprint density at radius 2 is 1.79 bits per heavy atom. The number of hydrogen-bond acceptors (Lipinski definition) is 2. The van der Waals surface area contributed by atoms with Gasteiger partial charge in [-0.3, -0.25) is 0 Å². The van der Waals surface area contributed by atoms with Gasteiger partial charge in [-0.2, -0.15) is 0 Å². The van der Waals surface area contributed by atoms with E-state index in [0.29, 0.717) is 0 Å². The average Bonchev–Trinajstić information content (AvgIpc) is 2.27. The van der Waals surface area contributed by atoms with E-state index in [1.807, 2.05) is 58.9 Å². The standard InChI is InChI=1S/C17H24O2/c1-13(2)15(16(18)19-17(3,4)5)12-11-14-9-7-6-8-10-14/h6-10,12-13H,11H2,1-5H3/b15-12+. The van der Waals surface area contributed by atoms with E-state index < -0.39 is 5.60 Å². The van der Waals surface area contributed by atoms with Gasteiger partial charge in [0.2, 0.25) is 0 Å². The molecule has 2 nitrogen and oxygen atoms in total. The first-order chi connectivity index (χ1) is 8.79. The van der Waals surface area contributed by atoms with Crippen LogP contribution in [0.4, 0.5) is 0 Å². The first kappa shape index (κ1) is 15.5.